The van der Waals surface area contributed by atoms with Crippen molar-refractivity contribution in [3.63, 3.8) is 0 Å². The van der Waals surface area contributed by atoms with Gasteiger partial charge in [-0.05, 0) is 24.1 Å². The molecule has 2 heterocycles. The molecular formula is C17H19N3O4. The van der Waals surface area contributed by atoms with Crippen molar-refractivity contribution in [1.82, 2.24) is 14.9 Å². The number of aryl methyl sites for hydroxylation is 1. The molecule has 24 heavy (non-hydrogen) atoms. The van der Waals surface area contributed by atoms with E-state index >= 15 is 0 Å². The molecule has 1 saturated heterocycles. The molecule has 0 saturated carbocycles. The lowest BCUT2D eigenvalue weighted by molar-refractivity contribution is -0.121. The van der Waals surface area contributed by atoms with Gasteiger partial charge in [0.15, 0.2) is 0 Å². The van der Waals surface area contributed by atoms with Gasteiger partial charge in [0.2, 0.25) is 5.91 Å². The van der Waals surface area contributed by atoms with Gasteiger partial charge in [0, 0.05) is 18.8 Å². The number of nitrogens with one attached hydrogen (secondary N) is 1. The monoisotopic (exact) mass is 329 g/mol. The summed E-state index contributed by atoms with van der Waals surface area (Å²) >= 11 is 0. The van der Waals surface area contributed by atoms with Crippen molar-refractivity contribution in [2.75, 3.05) is 13.2 Å². The molecule has 0 bridgehead atoms. The predicted molar refractivity (Wildman–Crippen MR) is 85.7 cm³/mol. The smallest absolute Gasteiger partial charge is 0.335 e. The molecule has 0 aliphatic carbocycles. The van der Waals surface area contributed by atoms with E-state index in [9.17, 15) is 9.59 Å². The van der Waals surface area contributed by atoms with Gasteiger partial charge in [0.1, 0.15) is 0 Å². The van der Waals surface area contributed by atoms with Crippen LogP contribution in [0.1, 0.15) is 28.4 Å². The number of hydrogen-bond donors (Lipinski definition) is 2. The fourth-order valence-electron chi connectivity index (χ4n) is 2.79. The van der Waals surface area contributed by atoms with Crippen LogP contribution in [0, 0.1) is 0 Å². The summed E-state index contributed by atoms with van der Waals surface area (Å²) in [4.78, 5) is 27.0. The molecule has 7 heteroatoms. The van der Waals surface area contributed by atoms with Crippen LogP contribution >= 0.6 is 0 Å². The Morgan fingerprint density at radius 1 is 1.29 bits per heavy atom. The number of amides is 1. The summed E-state index contributed by atoms with van der Waals surface area (Å²) in [5.74, 6) is -0.996. The van der Waals surface area contributed by atoms with Crippen LogP contribution in [0.4, 0.5) is 0 Å². The Labute approximate surface area is 139 Å². The predicted octanol–water partition coefficient (Wildman–Crippen LogP) is 1.27. The second kappa shape index (κ2) is 7.27. The van der Waals surface area contributed by atoms with Gasteiger partial charge in [0.25, 0.3) is 0 Å². The van der Waals surface area contributed by atoms with Crippen LogP contribution in [-0.4, -0.2) is 45.8 Å². The number of aromatic nitrogens is 2. The highest BCUT2D eigenvalue weighted by molar-refractivity contribution is 5.87. The third-order valence-corrected chi connectivity index (χ3v) is 4.15. The Balaban J connectivity index is 1.51. The van der Waals surface area contributed by atoms with Gasteiger partial charge in [-0.15, -0.1) is 0 Å². The van der Waals surface area contributed by atoms with E-state index in [1.807, 2.05) is 10.8 Å². The fourth-order valence-corrected chi connectivity index (χ4v) is 2.79. The number of aromatic carboxylic acids is 1. The highest BCUT2D eigenvalue weighted by atomic mass is 16.5. The normalized spacial score (nSPS) is 20.0. The number of carbonyl (C=O) groups is 2. The standard InChI is InChI=1S/C17H19N3O4/c21-16(6-3-12-1-4-13(5-2-12)17(22)23)19-14-9-24-10-15(14)20-8-7-18-11-20/h1-2,4-5,7-8,11,14-15H,3,6,9-10H2,(H,19,21)(H,22,23)/t14-,15+/m1/s1. The quantitative estimate of drug-likeness (QED) is 0.832. The van der Waals surface area contributed by atoms with E-state index in [1.165, 1.54) is 0 Å². The highest BCUT2D eigenvalue weighted by Gasteiger charge is 2.30. The number of carbonyl (C=O) groups excluding carboxylic acids is 1. The molecule has 1 aliphatic heterocycles. The summed E-state index contributed by atoms with van der Waals surface area (Å²) in [6.45, 7) is 1.04. The van der Waals surface area contributed by atoms with E-state index in [0.717, 1.165) is 5.56 Å². The van der Waals surface area contributed by atoms with E-state index in [1.54, 1.807) is 36.8 Å². The number of ether oxygens (including phenoxy) is 1. The van der Waals surface area contributed by atoms with Gasteiger partial charge in [-0.3, -0.25) is 4.79 Å². The zero-order valence-corrected chi connectivity index (χ0v) is 13.1. The number of rotatable bonds is 6. The molecule has 3 rings (SSSR count). The number of hydrogen-bond acceptors (Lipinski definition) is 4. The summed E-state index contributed by atoms with van der Waals surface area (Å²) < 4.78 is 7.42. The van der Waals surface area contributed by atoms with Crippen molar-refractivity contribution in [2.45, 2.75) is 24.9 Å². The van der Waals surface area contributed by atoms with E-state index < -0.39 is 5.97 Å². The molecule has 126 valence electrons. The average molecular weight is 329 g/mol. The molecule has 1 fully saturated rings. The maximum Gasteiger partial charge on any atom is 0.335 e. The highest BCUT2D eigenvalue weighted by Crippen LogP contribution is 2.19. The number of imidazole rings is 1. The molecule has 7 nitrogen and oxygen atoms in total. The van der Waals surface area contributed by atoms with Crippen LogP contribution in [-0.2, 0) is 16.0 Å². The summed E-state index contributed by atoms with van der Waals surface area (Å²) in [6.07, 6.45) is 6.21. The molecule has 1 aliphatic rings. The van der Waals surface area contributed by atoms with Crippen LogP contribution in [0.25, 0.3) is 0 Å². The molecule has 1 aromatic carbocycles. The van der Waals surface area contributed by atoms with Crippen LogP contribution < -0.4 is 5.32 Å². The molecule has 0 spiro atoms. The minimum Gasteiger partial charge on any atom is -0.478 e. The number of nitrogens with zero attached hydrogens (tertiary/aromatic N) is 2. The molecular weight excluding hydrogens is 310 g/mol. The SMILES string of the molecule is O=C(CCc1ccc(C(=O)O)cc1)N[C@@H]1COC[C@@H]1n1ccnc1. The Hall–Kier alpha value is -2.67. The Kier molecular flexibility index (Phi) is 4.90. The number of carboxylic acid groups (broad SMARTS) is 1. The van der Waals surface area contributed by atoms with Crippen LogP contribution in [0.2, 0.25) is 0 Å². The van der Waals surface area contributed by atoms with Crippen molar-refractivity contribution in [3.8, 4) is 0 Å². The van der Waals surface area contributed by atoms with E-state index in [4.69, 9.17) is 9.84 Å². The topological polar surface area (TPSA) is 93.5 Å². The van der Waals surface area contributed by atoms with Gasteiger partial charge in [-0.25, -0.2) is 9.78 Å². The summed E-state index contributed by atoms with van der Waals surface area (Å²) in [6, 6.07) is 6.57. The number of benzene rings is 1. The zero-order chi connectivity index (χ0) is 16.9. The number of carboxylic acids is 1. The maximum absolute atomic E-state index is 12.2. The molecule has 1 aromatic heterocycles. The lowest BCUT2D eigenvalue weighted by Crippen LogP contribution is -2.40. The average Bonchev–Trinajstić information content (AvgIpc) is 3.24. The van der Waals surface area contributed by atoms with Crippen molar-refractivity contribution in [3.05, 3.63) is 54.1 Å². The third kappa shape index (κ3) is 3.80. The maximum atomic E-state index is 12.2. The molecule has 0 unspecified atom stereocenters. The Morgan fingerprint density at radius 3 is 2.75 bits per heavy atom. The lowest BCUT2D eigenvalue weighted by atomic mass is 10.1. The van der Waals surface area contributed by atoms with E-state index in [2.05, 4.69) is 10.3 Å². The van der Waals surface area contributed by atoms with Crippen molar-refractivity contribution >= 4 is 11.9 Å². The molecule has 1 amide bonds. The summed E-state index contributed by atoms with van der Waals surface area (Å²) in [5.41, 5.74) is 1.18. The zero-order valence-electron chi connectivity index (χ0n) is 13.1. The Bertz CT molecular complexity index is 697. The van der Waals surface area contributed by atoms with Crippen LogP contribution in [0.15, 0.2) is 43.0 Å². The van der Waals surface area contributed by atoms with Gasteiger partial charge < -0.3 is 19.7 Å². The van der Waals surface area contributed by atoms with Crippen molar-refractivity contribution < 1.29 is 19.4 Å². The molecule has 2 aromatic rings. The minimum atomic E-state index is -0.953. The first-order valence-electron chi connectivity index (χ1n) is 7.80. The van der Waals surface area contributed by atoms with Gasteiger partial charge >= 0.3 is 5.97 Å². The first-order chi connectivity index (χ1) is 11.6. The molecule has 2 N–H and O–H groups in total. The molecule has 0 radical (unpaired) electrons. The van der Waals surface area contributed by atoms with Crippen molar-refractivity contribution in [1.29, 1.82) is 0 Å². The largest absolute Gasteiger partial charge is 0.478 e. The van der Waals surface area contributed by atoms with Gasteiger partial charge in [-0.2, -0.15) is 0 Å². The second-order valence-corrected chi connectivity index (χ2v) is 5.79. The molecule has 2 atom stereocenters. The van der Waals surface area contributed by atoms with Crippen molar-refractivity contribution in [2.24, 2.45) is 0 Å². The first kappa shape index (κ1) is 16.2. The minimum absolute atomic E-state index is 0.0436. The van der Waals surface area contributed by atoms with E-state index in [-0.39, 0.29) is 23.6 Å². The fraction of sp³-hybridized carbons (Fsp3) is 0.353. The van der Waals surface area contributed by atoms with Gasteiger partial charge in [-0.1, -0.05) is 12.1 Å². The van der Waals surface area contributed by atoms with E-state index in [0.29, 0.717) is 26.1 Å². The summed E-state index contributed by atoms with van der Waals surface area (Å²) in [7, 11) is 0. The lowest BCUT2D eigenvalue weighted by Gasteiger charge is -2.20. The van der Waals surface area contributed by atoms with Crippen LogP contribution in [0.3, 0.4) is 0 Å². The third-order valence-electron chi connectivity index (χ3n) is 4.15. The summed E-state index contributed by atoms with van der Waals surface area (Å²) in [5, 5.41) is 11.9. The van der Waals surface area contributed by atoms with Crippen LogP contribution in [0.5, 0.6) is 0 Å². The second-order valence-electron chi connectivity index (χ2n) is 5.79. The Morgan fingerprint density at radius 2 is 2.08 bits per heavy atom. The van der Waals surface area contributed by atoms with Gasteiger partial charge in [0.05, 0.1) is 37.2 Å². The first-order valence-corrected chi connectivity index (χ1v) is 7.80.